The van der Waals surface area contributed by atoms with Gasteiger partial charge in [0.2, 0.25) is 5.91 Å². The van der Waals surface area contributed by atoms with Gasteiger partial charge in [0.05, 0.1) is 17.4 Å². The van der Waals surface area contributed by atoms with Gasteiger partial charge in [0.25, 0.3) is 0 Å². The van der Waals surface area contributed by atoms with E-state index in [9.17, 15) is 4.79 Å². The third-order valence-corrected chi connectivity index (χ3v) is 6.13. The molecule has 1 aromatic carbocycles. The SMILES string of the molecule is NCCCN1C(=O)C2C(=NNC2CCN2CCCCC2)c2cc(Cl)ccc21. The normalized spacial score (nSPS) is 25.0. The lowest BCUT2D eigenvalue weighted by atomic mass is 9.84. The molecular weight excluding hydrogens is 362 g/mol. The molecule has 2 unspecified atom stereocenters. The first-order valence-electron chi connectivity index (χ1n) is 10.1. The number of hydrazone groups is 1. The molecule has 0 radical (unpaired) electrons. The molecule has 1 amide bonds. The number of nitrogens with zero attached hydrogens (tertiary/aromatic N) is 3. The van der Waals surface area contributed by atoms with E-state index in [0.717, 1.165) is 36.3 Å². The van der Waals surface area contributed by atoms with Crippen LogP contribution in [0, 0.1) is 5.92 Å². The predicted molar refractivity (Wildman–Crippen MR) is 109 cm³/mol. The Morgan fingerprint density at radius 3 is 2.81 bits per heavy atom. The first-order valence-corrected chi connectivity index (χ1v) is 10.4. The number of nitrogens with one attached hydrogen (secondary N) is 1. The summed E-state index contributed by atoms with van der Waals surface area (Å²) >= 11 is 6.25. The Bertz CT molecular complexity index is 731. The number of hydrogen-bond acceptors (Lipinski definition) is 5. The molecule has 3 heterocycles. The average Bonchev–Trinajstić information content (AvgIpc) is 3.12. The van der Waals surface area contributed by atoms with E-state index < -0.39 is 0 Å². The number of anilines is 1. The van der Waals surface area contributed by atoms with Gasteiger partial charge in [0, 0.05) is 23.7 Å². The van der Waals surface area contributed by atoms with Crippen molar-refractivity contribution in [3.8, 4) is 0 Å². The second-order valence-electron chi connectivity index (χ2n) is 7.69. The molecule has 27 heavy (non-hydrogen) atoms. The van der Waals surface area contributed by atoms with Crippen LogP contribution in [-0.2, 0) is 4.79 Å². The fraction of sp³-hybridized carbons (Fsp3) is 0.600. The second-order valence-corrected chi connectivity index (χ2v) is 8.13. The van der Waals surface area contributed by atoms with Crippen LogP contribution in [0.15, 0.2) is 23.3 Å². The minimum atomic E-state index is -0.237. The molecule has 1 aromatic rings. The molecular formula is C20H28ClN5O. The first-order chi connectivity index (χ1) is 13.2. The Labute approximate surface area is 165 Å². The summed E-state index contributed by atoms with van der Waals surface area (Å²) in [6, 6.07) is 5.73. The van der Waals surface area contributed by atoms with E-state index >= 15 is 0 Å². The standard InChI is InChI=1S/C20H28ClN5O/c21-14-5-6-17-15(13-14)19-18(20(27)26(17)11-4-8-22)16(23-24-19)7-12-25-9-2-1-3-10-25/h5-6,13,16,18,23H,1-4,7-12,22H2. The summed E-state index contributed by atoms with van der Waals surface area (Å²) in [5, 5.41) is 5.23. The molecule has 1 fully saturated rings. The van der Waals surface area contributed by atoms with Crippen LogP contribution < -0.4 is 16.1 Å². The van der Waals surface area contributed by atoms with Crippen LogP contribution in [0.25, 0.3) is 0 Å². The average molecular weight is 390 g/mol. The highest BCUT2D eigenvalue weighted by atomic mass is 35.5. The van der Waals surface area contributed by atoms with E-state index in [2.05, 4.69) is 15.4 Å². The summed E-state index contributed by atoms with van der Waals surface area (Å²) in [7, 11) is 0. The fourth-order valence-corrected chi connectivity index (χ4v) is 4.63. The molecule has 6 nitrogen and oxygen atoms in total. The Balaban J connectivity index is 1.55. The zero-order valence-electron chi connectivity index (χ0n) is 15.7. The van der Waals surface area contributed by atoms with Crippen molar-refractivity contribution in [3.63, 3.8) is 0 Å². The number of fused-ring (bicyclic) bond motifs is 3. The van der Waals surface area contributed by atoms with E-state index in [4.69, 9.17) is 17.3 Å². The van der Waals surface area contributed by atoms with Crippen LogP contribution in [0.5, 0.6) is 0 Å². The first kappa shape index (κ1) is 18.7. The summed E-state index contributed by atoms with van der Waals surface area (Å²) in [5.41, 5.74) is 11.7. The second kappa shape index (κ2) is 8.17. The van der Waals surface area contributed by atoms with Crippen molar-refractivity contribution in [1.82, 2.24) is 10.3 Å². The van der Waals surface area contributed by atoms with E-state index in [-0.39, 0.29) is 17.9 Å². The number of likely N-dealkylation sites (tertiary alicyclic amines) is 1. The van der Waals surface area contributed by atoms with Crippen molar-refractivity contribution in [3.05, 3.63) is 28.8 Å². The molecule has 4 rings (SSSR count). The molecule has 0 aliphatic carbocycles. The summed E-state index contributed by atoms with van der Waals surface area (Å²) in [4.78, 5) is 17.7. The Morgan fingerprint density at radius 1 is 1.22 bits per heavy atom. The van der Waals surface area contributed by atoms with Crippen LogP contribution in [0.4, 0.5) is 5.69 Å². The molecule has 1 saturated heterocycles. The Hall–Kier alpha value is -1.63. The van der Waals surface area contributed by atoms with E-state index in [0.29, 0.717) is 18.1 Å². The molecule has 0 aromatic heterocycles. The van der Waals surface area contributed by atoms with Crippen molar-refractivity contribution in [2.75, 3.05) is 37.6 Å². The number of nitrogens with two attached hydrogens (primary N) is 1. The molecule has 0 bridgehead atoms. The number of halogens is 1. The number of amides is 1. The fourth-order valence-electron chi connectivity index (χ4n) is 4.46. The minimum Gasteiger partial charge on any atom is -0.330 e. The van der Waals surface area contributed by atoms with Crippen molar-refractivity contribution >= 4 is 28.9 Å². The van der Waals surface area contributed by atoms with Gasteiger partial charge < -0.3 is 21.0 Å². The van der Waals surface area contributed by atoms with Gasteiger partial charge in [-0.1, -0.05) is 18.0 Å². The Morgan fingerprint density at radius 2 is 2.04 bits per heavy atom. The van der Waals surface area contributed by atoms with Gasteiger partial charge >= 0.3 is 0 Å². The monoisotopic (exact) mass is 389 g/mol. The summed E-state index contributed by atoms with van der Waals surface area (Å²) in [6.45, 7) is 4.54. The number of rotatable bonds is 6. The van der Waals surface area contributed by atoms with Crippen molar-refractivity contribution in [1.29, 1.82) is 0 Å². The van der Waals surface area contributed by atoms with Gasteiger partial charge in [-0.3, -0.25) is 4.79 Å². The minimum absolute atomic E-state index is 0.0435. The maximum Gasteiger partial charge on any atom is 0.238 e. The lowest BCUT2D eigenvalue weighted by Gasteiger charge is -2.35. The molecule has 7 heteroatoms. The largest absolute Gasteiger partial charge is 0.330 e. The molecule has 3 aliphatic rings. The molecule has 0 saturated carbocycles. The predicted octanol–water partition coefficient (Wildman–Crippen LogP) is 2.20. The van der Waals surface area contributed by atoms with Crippen LogP contribution >= 0.6 is 11.6 Å². The number of benzene rings is 1. The zero-order valence-corrected chi connectivity index (χ0v) is 16.4. The van der Waals surface area contributed by atoms with Gasteiger partial charge in [-0.25, -0.2) is 0 Å². The van der Waals surface area contributed by atoms with E-state index in [1.165, 1.54) is 32.4 Å². The zero-order chi connectivity index (χ0) is 18.8. The highest BCUT2D eigenvalue weighted by Gasteiger charge is 2.45. The van der Waals surface area contributed by atoms with Crippen LogP contribution in [0.3, 0.4) is 0 Å². The van der Waals surface area contributed by atoms with Gasteiger partial charge in [-0.05, 0) is 63.5 Å². The highest BCUT2D eigenvalue weighted by Crippen LogP contribution is 2.37. The summed E-state index contributed by atoms with van der Waals surface area (Å²) < 4.78 is 0. The molecule has 3 N–H and O–H groups in total. The molecule has 2 atom stereocenters. The van der Waals surface area contributed by atoms with Crippen molar-refractivity contribution in [2.24, 2.45) is 16.8 Å². The van der Waals surface area contributed by atoms with Crippen LogP contribution in [0.2, 0.25) is 5.02 Å². The van der Waals surface area contributed by atoms with Gasteiger partial charge in [0.1, 0.15) is 5.92 Å². The van der Waals surface area contributed by atoms with Gasteiger partial charge in [-0.15, -0.1) is 0 Å². The lowest BCUT2D eigenvalue weighted by molar-refractivity contribution is -0.121. The van der Waals surface area contributed by atoms with Gasteiger partial charge in [0.15, 0.2) is 0 Å². The maximum absolute atomic E-state index is 13.3. The summed E-state index contributed by atoms with van der Waals surface area (Å²) in [5.74, 6) is -0.107. The topological polar surface area (TPSA) is 74.0 Å². The van der Waals surface area contributed by atoms with Gasteiger partial charge in [-0.2, -0.15) is 5.10 Å². The lowest BCUT2D eigenvalue weighted by Crippen LogP contribution is -2.50. The van der Waals surface area contributed by atoms with E-state index in [1.807, 2.05) is 23.1 Å². The molecule has 146 valence electrons. The van der Waals surface area contributed by atoms with Crippen molar-refractivity contribution in [2.45, 2.75) is 38.1 Å². The Kier molecular flexibility index (Phi) is 5.66. The quantitative estimate of drug-likeness (QED) is 0.782. The van der Waals surface area contributed by atoms with Crippen molar-refractivity contribution < 1.29 is 4.79 Å². The number of carbonyl (C=O) groups excluding carboxylic acids is 1. The highest BCUT2D eigenvalue weighted by molar-refractivity contribution is 6.32. The summed E-state index contributed by atoms with van der Waals surface area (Å²) in [6.07, 6.45) is 5.59. The van der Waals surface area contributed by atoms with Crippen LogP contribution in [-0.4, -0.2) is 55.3 Å². The number of piperidine rings is 1. The number of hydrogen-bond donors (Lipinski definition) is 2. The third kappa shape index (κ3) is 3.71. The number of carbonyl (C=O) groups is 1. The van der Waals surface area contributed by atoms with Crippen LogP contribution in [0.1, 0.15) is 37.7 Å². The maximum atomic E-state index is 13.3. The van der Waals surface area contributed by atoms with E-state index in [1.54, 1.807) is 0 Å². The molecule has 0 spiro atoms. The molecule has 3 aliphatic heterocycles. The third-order valence-electron chi connectivity index (χ3n) is 5.90. The smallest absolute Gasteiger partial charge is 0.238 e.